The monoisotopic (exact) mass is 302 g/mol. The Labute approximate surface area is 123 Å². The van der Waals surface area contributed by atoms with E-state index in [1.807, 2.05) is 0 Å². The molecule has 0 saturated heterocycles. The molecule has 120 valence electrons. The maximum absolute atomic E-state index is 11.9. The Bertz CT molecular complexity index is 394. The SMILES string of the molecule is COC(=O)CC[C@@H](NC(=O)N(C)CC1CC(O)C1)C(=O)O. The number of carboxylic acids is 1. The van der Waals surface area contributed by atoms with Crippen LogP contribution in [0.4, 0.5) is 4.79 Å². The van der Waals surface area contributed by atoms with Crippen molar-refractivity contribution in [2.75, 3.05) is 20.7 Å². The number of aliphatic carboxylic acids is 1. The molecule has 1 aliphatic carbocycles. The average Bonchev–Trinajstić information content (AvgIpc) is 2.40. The molecule has 0 aromatic rings. The smallest absolute Gasteiger partial charge is 0.326 e. The number of carbonyl (C=O) groups is 3. The van der Waals surface area contributed by atoms with Crippen molar-refractivity contribution in [3.63, 3.8) is 0 Å². The van der Waals surface area contributed by atoms with E-state index < -0.39 is 24.0 Å². The van der Waals surface area contributed by atoms with Crippen LogP contribution in [-0.4, -0.2) is 65.9 Å². The Kier molecular flexibility index (Phi) is 6.41. The Balaban J connectivity index is 2.40. The Hall–Kier alpha value is -1.83. The molecule has 0 bridgehead atoms. The summed E-state index contributed by atoms with van der Waals surface area (Å²) in [5, 5.41) is 20.6. The zero-order valence-corrected chi connectivity index (χ0v) is 12.2. The quantitative estimate of drug-likeness (QED) is 0.561. The first kappa shape index (κ1) is 17.2. The summed E-state index contributed by atoms with van der Waals surface area (Å²) >= 11 is 0. The summed E-state index contributed by atoms with van der Waals surface area (Å²) in [5.74, 6) is -1.47. The lowest BCUT2D eigenvalue weighted by Gasteiger charge is -2.34. The second-order valence-corrected chi connectivity index (χ2v) is 5.33. The molecule has 8 nitrogen and oxygen atoms in total. The molecule has 0 radical (unpaired) electrons. The Morgan fingerprint density at radius 3 is 2.48 bits per heavy atom. The maximum Gasteiger partial charge on any atom is 0.326 e. The molecule has 8 heteroatoms. The van der Waals surface area contributed by atoms with Crippen LogP contribution in [0.5, 0.6) is 0 Å². The van der Waals surface area contributed by atoms with Crippen molar-refractivity contribution < 1.29 is 29.3 Å². The molecule has 0 unspecified atom stereocenters. The fourth-order valence-electron chi connectivity index (χ4n) is 2.20. The van der Waals surface area contributed by atoms with Crippen LogP contribution in [0.2, 0.25) is 0 Å². The predicted octanol–water partition coefficient (Wildman–Crippen LogP) is -0.195. The first-order valence-electron chi connectivity index (χ1n) is 6.82. The summed E-state index contributed by atoms with van der Waals surface area (Å²) in [7, 11) is 2.79. The number of hydrogen-bond acceptors (Lipinski definition) is 5. The molecule has 1 saturated carbocycles. The van der Waals surface area contributed by atoms with Gasteiger partial charge in [-0.05, 0) is 25.2 Å². The van der Waals surface area contributed by atoms with Crippen molar-refractivity contribution in [1.29, 1.82) is 0 Å². The van der Waals surface area contributed by atoms with Gasteiger partial charge in [0.25, 0.3) is 0 Å². The normalized spacial score (nSPS) is 21.9. The molecule has 0 aromatic carbocycles. The number of esters is 1. The third-order valence-electron chi connectivity index (χ3n) is 3.55. The van der Waals surface area contributed by atoms with E-state index in [1.165, 1.54) is 12.0 Å². The minimum Gasteiger partial charge on any atom is -0.480 e. The van der Waals surface area contributed by atoms with Crippen LogP contribution in [0.3, 0.4) is 0 Å². The van der Waals surface area contributed by atoms with E-state index in [9.17, 15) is 19.5 Å². The number of aliphatic hydroxyl groups excluding tert-OH is 1. The van der Waals surface area contributed by atoms with Crippen molar-refractivity contribution in [2.24, 2.45) is 5.92 Å². The second kappa shape index (κ2) is 7.82. The molecule has 0 spiro atoms. The zero-order valence-electron chi connectivity index (χ0n) is 12.2. The van der Waals surface area contributed by atoms with E-state index in [-0.39, 0.29) is 24.9 Å². The number of carbonyl (C=O) groups excluding carboxylic acids is 2. The molecule has 0 aromatic heterocycles. The number of hydrogen-bond donors (Lipinski definition) is 3. The summed E-state index contributed by atoms with van der Waals surface area (Å²) < 4.78 is 4.44. The van der Waals surface area contributed by atoms with Crippen LogP contribution in [0, 0.1) is 5.92 Å². The third kappa shape index (κ3) is 5.58. The van der Waals surface area contributed by atoms with Gasteiger partial charge in [-0.1, -0.05) is 0 Å². The van der Waals surface area contributed by atoms with Crippen molar-refractivity contribution in [1.82, 2.24) is 10.2 Å². The van der Waals surface area contributed by atoms with Crippen LogP contribution in [0.15, 0.2) is 0 Å². The van der Waals surface area contributed by atoms with Gasteiger partial charge in [0.2, 0.25) is 0 Å². The summed E-state index contributed by atoms with van der Waals surface area (Å²) in [6.07, 6.45) is 0.916. The van der Waals surface area contributed by atoms with E-state index in [1.54, 1.807) is 7.05 Å². The lowest BCUT2D eigenvalue weighted by atomic mass is 9.82. The van der Waals surface area contributed by atoms with E-state index in [2.05, 4.69) is 10.1 Å². The zero-order chi connectivity index (χ0) is 16.0. The highest BCUT2D eigenvalue weighted by Crippen LogP contribution is 2.27. The van der Waals surface area contributed by atoms with Crippen LogP contribution >= 0.6 is 0 Å². The molecule has 1 atom stereocenters. The molecule has 0 heterocycles. The summed E-state index contributed by atoms with van der Waals surface area (Å²) in [6.45, 7) is 0.465. The lowest BCUT2D eigenvalue weighted by molar-refractivity contribution is -0.142. The number of nitrogens with zero attached hydrogens (tertiary/aromatic N) is 1. The molecule has 1 fully saturated rings. The standard InChI is InChI=1S/C13H22N2O6/c1-15(7-8-5-9(16)6-8)13(20)14-10(12(18)19)3-4-11(17)21-2/h8-10,16H,3-7H2,1-2H3,(H,14,20)(H,18,19)/t8?,9?,10-/m1/s1. The number of amides is 2. The molecule has 1 rings (SSSR count). The highest BCUT2D eigenvalue weighted by molar-refractivity contribution is 5.83. The molecule has 1 aliphatic rings. The van der Waals surface area contributed by atoms with Crippen LogP contribution in [-0.2, 0) is 14.3 Å². The average molecular weight is 302 g/mol. The van der Waals surface area contributed by atoms with E-state index in [0.717, 1.165) is 0 Å². The van der Waals surface area contributed by atoms with Crippen LogP contribution in [0.25, 0.3) is 0 Å². The Morgan fingerprint density at radius 1 is 1.38 bits per heavy atom. The number of urea groups is 1. The fourth-order valence-corrected chi connectivity index (χ4v) is 2.20. The summed E-state index contributed by atoms with van der Waals surface area (Å²) in [5.41, 5.74) is 0. The first-order valence-corrected chi connectivity index (χ1v) is 6.82. The summed E-state index contributed by atoms with van der Waals surface area (Å²) in [6, 6.07) is -1.64. The van der Waals surface area contributed by atoms with Gasteiger partial charge in [0.05, 0.1) is 13.2 Å². The van der Waals surface area contributed by atoms with E-state index >= 15 is 0 Å². The third-order valence-corrected chi connectivity index (χ3v) is 3.55. The second-order valence-electron chi connectivity index (χ2n) is 5.33. The fraction of sp³-hybridized carbons (Fsp3) is 0.769. The number of aliphatic hydroxyl groups is 1. The number of carboxylic acid groups (broad SMARTS) is 1. The van der Waals surface area contributed by atoms with Crippen molar-refractivity contribution in [3.05, 3.63) is 0 Å². The summed E-state index contributed by atoms with van der Waals surface area (Å²) in [4.78, 5) is 35.4. The number of ether oxygens (including phenoxy) is 1. The number of methoxy groups -OCH3 is 1. The topological polar surface area (TPSA) is 116 Å². The number of rotatable bonds is 7. The van der Waals surface area contributed by atoms with Gasteiger partial charge in [-0.2, -0.15) is 0 Å². The molecule has 0 aliphatic heterocycles. The van der Waals surface area contributed by atoms with Gasteiger partial charge in [0.1, 0.15) is 6.04 Å². The van der Waals surface area contributed by atoms with E-state index in [0.29, 0.717) is 19.4 Å². The van der Waals surface area contributed by atoms with Gasteiger partial charge in [-0.25, -0.2) is 9.59 Å². The first-order chi connectivity index (χ1) is 9.83. The van der Waals surface area contributed by atoms with Crippen LogP contribution < -0.4 is 5.32 Å². The highest BCUT2D eigenvalue weighted by Gasteiger charge is 2.30. The minimum atomic E-state index is -1.19. The lowest BCUT2D eigenvalue weighted by Crippen LogP contribution is -2.49. The molecule has 2 amide bonds. The molecular weight excluding hydrogens is 280 g/mol. The number of nitrogens with one attached hydrogen (secondary N) is 1. The van der Waals surface area contributed by atoms with Gasteiger partial charge in [0.15, 0.2) is 0 Å². The van der Waals surface area contributed by atoms with Gasteiger partial charge < -0.3 is 25.2 Å². The highest BCUT2D eigenvalue weighted by atomic mass is 16.5. The Morgan fingerprint density at radius 2 is 2.00 bits per heavy atom. The van der Waals surface area contributed by atoms with Gasteiger partial charge in [0, 0.05) is 20.0 Å². The van der Waals surface area contributed by atoms with Crippen LogP contribution in [0.1, 0.15) is 25.7 Å². The van der Waals surface area contributed by atoms with Crippen molar-refractivity contribution >= 4 is 18.0 Å². The largest absolute Gasteiger partial charge is 0.480 e. The maximum atomic E-state index is 11.9. The van der Waals surface area contributed by atoms with Gasteiger partial charge in [-0.15, -0.1) is 0 Å². The van der Waals surface area contributed by atoms with Crippen molar-refractivity contribution in [2.45, 2.75) is 37.8 Å². The molecule has 3 N–H and O–H groups in total. The van der Waals surface area contributed by atoms with Gasteiger partial charge in [-0.3, -0.25) is 4.79 Å². The molecule has 21 heavy (non-hydrogen) atoms. The predicted molar refractivity (Wildman–Crippen MR) is 72.6 cm³/mol. The molecular formula is C13H22N2O6. The van der Waals surface area contributed by atoms with Crippen molar-refractivity contribution in [3.8, 4) is 0 Å². The van der Waals surface area contributed by atoms with Gasteiger partial charge >= 0.3 is 18.0 Å². The van der Waals surface area contributed by atoms with E-state index in [4.69, 9.17) is 5.11 Å². The minimum absolute atomic E-state index is 0.0241.